The van der Waals surface area contributed by atoms with Crippen LogP contribution in [0, 0.1) is 0 Å². The van der Waals surface area contributed by atoms with E-state index in [1.165, 1.54) is 17.5 Å². The third-order valence-corrected chi connectivity index (χ3v) is 4.96. The van der Waals surface area contributed by atoms with E-state index in [2.05, 4.69) is 16.4 Å². The van der Waals surface area contributed by atoms with Gasteiger partial charge in [0.25, 0.3) is 5.91 Å². The average Bonchev–Trinajstić information content (AvgIpc) is 2.66. The fraction of sp³-hybridized carbons (Fsp3) is 0.333. The molecule has 1 aliphatic carbocycles. The summed E-state index contributed by atoms with van der Waals surface area (Å²) in [6, 6.07) is 13.9. The first-order valence-electron chi connectivity index (χ1n) is 8.79. The molecule has 4 nitrogen and oxygen atoms in total. The number of benzene rings is 2. The van der Waals surface area contributed by atoms with Gasteiger partial charge in [-0.05, 0) is 74.1 Å². The lowest BCUT2D eigenvalue weighted by atomic mass is 9.88. The summed E-state index contributed by atoms with van der Waals surface area (Å²) in [5.41, 5.74) is 5.20. The highest BCUT2D eigenvalue weighted by molar-refractivity contribution is 6.05. The van der Waals surface area contributed by atoms with Gasteiger partial charge in [0.2, 0.25) is 0 Å². The number of nitrogens with one attached hydrogen (secondary N) is 1. The van der Waals surface area contributed by atoms with Gasteiger partial charge in [-0.25, -0.2) is 0 Å². The van der Waals surface area contributed by atoms with E-state index in [0.717, 1.165) is 42.0 Å². The number of hydrogen-bond donors (Lipinski definition) is 1. The first-order valence-corrected chi connectivity index (χ1v) is 8.79. The Labute approximate surface area is 149 Å². The number of aryl methyl sites for hydroxylation is 1. The summed E-state index contributed by atoms with van der Waals surface area (Å²) in [6.45, 7) is 1.97. The van der Waals surface area contributed by atoms with E-state index in [1.807, 2.05) is 55.3 Å². The number of nitrogens with zero attached hydrogens (tertiary/aromatic N) is 2. The summed E-state index contributed by atoms with van der Waals surface area (Å²) in [7, 11) is 3.76. The van der Waals surface area contributed by atoms with Crippen molar-refractivity contribution in [2.24, 2.45) is 4.99 Å². The van der Waals surface area contributed by atoms with Crippen LogP contribution in [0.4, 0.5) is 11.4 Å². The molecule has 0 unspecified atom stereocenters. The Bertz CT molecular complexity index is 793. The lowest BCUT2D eigenvalue weighted by Crippen LogP contribution is -2.23. The fourth-order valence-corrected chi connectivity index (χ4v) is 3.30. The summed E-state index contributed by atoms with van der Waals surface area (Å²) in [4.78, 5) is 18.9. The van der Waals surface area contributed by atoms with Gasteiger partial charge < -0.3 is 10.2 Å². The Morgan fingerprint density at radius 3 is 2.52 bits per heavy atom. The summed E-state index contributed by atoms with van der Waals surface area (Å²) >= 11 is 0. The molecule has 0 radical (unpaired) electrons. The van der Waals surface area contributed by atoms with Gasteiger partial charge in [-0.2, -0.15) is 0 Å². The van der Waals surface area contributed by atoms with E-state index < -0.39 is 0 Å². The number of carbonyl (C=O) groups is 1. The maximum Gasteiger partial charge on any atom is 0.255 e. The molecule has 0 saturated carbocycles. The van der Waals surface area contributed by atoms with Gasteiger partial charge in [-0.15, -0.1) is 0 Å². The molecule has 1 N–H and O–H groups in total. The van der Waals surface area contributed by atoms with Crippen molar-refractivity contribution in [1.29, 1.82) is 0 Å². The van der Waals surface area contributed by atoms with Crippen molar-refractivity contribution in [3.05, 3.63) is 59.2 Å². The van der Waals surface area contributed by atoms with Gasteiger partial charge in [0.1, 0.15) is 0 Å². The Kier molecular flexibility index (Phi) is 5.17. The summed E-state index contributed by atoms with van der Waals surface area (Å²) in [5, 5.41) is 3.03. The van der Waals surface area contributed by atoms with Crippen molar-refractivity contribution in [2.75, 3.05) is 24.3 Å². The predicted molar refractivity (Wildman–Crippen MR) is 105 cm³/mol. The van der Waals surface area contributed by atoms with Crippen LogP contribution in [-0.2, 0) is 12.8 Å². The molecule has 25 heavy (non-hydrogen) atoms. The van der Waals surface area contributed by atoms with E-state index in [0.29, 0.717) is 0 Å². The Hall–Kier alpha value is -2.62. The first-order chi connectivity index (χ1) is 12.1. The third kappa shape index (κ3) is 3.73. The largest absolute Gasteiger partial charge is 0.334 e. The average molecular weight is 335 g/mol. The van der Waals surface area contributed by atoms with Crippen LogP contribution < -0.4 is 10.2 Å². The van der Waals surface area contributed by atoms with E-state index in [1.54, 1.807) is 7.05 Å². The van der Waals surface area contributed by atoms with Gasteiger partial charge in [0, 0.05) is 31.0 Å². The molecule has 2 aromatic rings. The molecule has 0 aromatic heterocycles. The van der Waals surface area contributed by atoms with Crippen LogP contribution >= 0.6 is 0 Å². The first kappa shape index (κ1) is 17.2. The number of hydrogen-bond acceptors (Lipinski definition) is 2. The predicted octanol–water partition coefficient (Wildman–Crippen LogP) is 4.30. The molecule has 0 atom stereocenters. The topological polar surface area (TPSA) is 44.7 Å². The lowest BCUT2D eigenvalue weighted by molar-refractivity contribution is 0.102. The minimum Gasteiger partial charge on any atom is -0.334 e. The molecule has 0 spiro atoms. The van der Waals surface area contributed by atoms with Gasteiger partial charge in [-0.1, -0.05) is 12.1 Å². The molecular formula is C21H25N3O. The van der Waals surface area contributed by atoms with Gasteiger partial charge in [0.05, 0.1) is 5.84 Å². The van der Waals surface area contributed by atoms with Gasteiger partial charge in [-0.3, -0.25) is 9.79 Å². The van der Waals surface area contributed by atoms with Crippen molar-refractivity contribution >= 4 is 23.1 Å². The lowest BCUT2D eigenvalue weighted by Gasteiger charge is -2.20. The molecule has 2 aromatic carbocycles. The highest BCUT2D eigenvalue weighted by Gasteiger charge is 2.17. The van der Waals surface area contributed by atoms with Crippen LogP contribution in [0.25, 0.3) is 0 Å². The van der Waals surface area contributed by atoms with E-state index in [9.17, 15) is 4.79 Å². The van der Waals surface area contributed by atoms with Gasteiger partial charge in [0.15, 0.2) is 0 Å². The van der Waals surface area contributed by atoms with Crippen molar-refractivity contribution in [3.8, 4) is 0 Å². The maximum atomic E-state index is 12.7. The van der Waals surface area contributed by atoms with Crippen LogP contribution in [0.5, 0.6) is 0 Å². The van der Waals surface area contributed by atoms with E-state index in [4.69, 9.17) is 0 Å². The molecule has 0 heterocycles. The number of rotatable bonds is 3. The standard InChI is InChI=1S/C21H25N3O/c1-15(22-2)24(3)18-13-11-17(12-14-18)23-21(25)20-10-6-8-16-7-4-5-9-19(16)20/h6,8,10-14H,4-5,7,9H2,1-3H3,(H,23,25). The molecule has 0 bridgehead atoms. The molecule has 1 aliphatic rings. The SMILES string of the molecule is CN=C(C)N(C)c1ccc(NC(=O)c2cccc3c2CCCC3)cc1. The minimum absolute atomic E-state index is 0.0221. The summed E-state index contributed by atoms with van der Waals surface area (Å²) < 4.78 is 0. The monoisotopic (exact) mass is 335 g/mol. The molecule has 1 amide bonds. The van der Waals surface area contributed by atoms with Crippen LogP contribution in [0.15, 0.2) is 47.5 Å². The van der Waals surface area contributed by atoms with Crippen LogP contribution in [-0.4, -0.2) is 25.8 Å². The second-order valence-electron chi connectivity index (χ2n) is 6.48. The molecule has 0 saturated heterocycles. The third-order valence-electron chi connectivity index (χ3n) is 4.96. The van der Waals surface area contributed by atoms with Gasteiger partial charge >= 0.3 is 0 Å². The number of anilines is 2. The molecule has 4 heteroatoms. The highest BCUT2D eigenvalue weighted by atomic mass is 16.1. The second kappa shape index (κ2) is 7.51. The Morgan fingerprint density at radius 1 is 1.08 bits per heavy atom. The Morgan fingerprint density at radius 2 is 1.80 bits per heavy atom. The maximum absolute atomic E-state index is 12.7. The molecule has 0 aliphatic heterocycles. The minimum atomic E-state index is -0.0221. The van der Waals surface area contributed by atoms with Crippen LogP contribution in [0.2, 0.25) is 0 Å². The quantitative estimate of drug-likeness (QED) is 0.671. The van der Waals surface area contributed by atoms with Crippen molar-refractivity contribution in [3.63, 3.8) is 0 Å². The normalized spacial score (nSPS) is 14.0. The second-order valence-corrected chi connectivity index (χ2v) is 6.48. The van der Waals surface area contributed by atoms with Crippen LogP contribution in [0.3, 0.4) is 0 Å². The summed E-state index contributed by atoms with van der Waals surface area (Å²) in [5.74, 6) is 0.916. The number of amidine groups is 1. The number of fused-ring (bicyclic) bond motifs is 1. The zero-order valence-corrected chi connectivity index (χ0v) is 15.2. The van der Waals surface area contributed by atoms with Crippen LogP contribution in [0.1, 0.15) is 41.3 Å². The molecular weight excluding hydrogens is 310 g/mol. The molecule has 130 valence electrons. The summed E-state index contributed by atoms with van der Waals surface area (Å²) in [6.07, 6.45) is 4.46. The Balaban J connectivity index is 1.76. The van der Waals surface area contributed by atoms with E-state index in [-0.39, 0.29) is 5.91 Å². The number of carbonyl (C=O) groups excluding carboxylic acids is 1. The number of amides is 1. The van der Waals surface area contributed by atoms with E-state index >= 15 is 0 Å². The van der Waals surface area contributed by atoms with Crippen molar-refractivity contribution in [2.45, 2.75) is 32.6 Å². The zero-order chi connectivity index (χ0) is 17.8. The molecule has 3 rings (SSSR count). The fourth-order valence-electron chi connectivity index (χ4n) is 3.30. The van der Waals surface area contributed by atoms with Crippen molar-refractivity contribution in [1.82, 2.24) is 0 Å². The molecule has 0 fully saturated rings. The van der Waals surface area contributed by atoms with Crippen molar-refractivity contribution < 1.29 is 4.79 Å². The number of aliphatic imine (C=N–C) groups is 1. The zero-order valence-electron chi connectivity index (χ0n) is 15.2. The highest BCUT2D eigenvalue weighted by Crippen LogP contribution is 2.25. The smallest absolute Gasteiger partial charge is 0.255 e.